The number of aliphatic hydroxyl groups excluding tert-OH is 1. The molecular weight excluding hydrogens is 320 g/mol. The Hall–Kier alpha value is -0.700. The molecule has 0 aromatic heterocycles. The number of aliphatic hydroxyl groups is 1. The van der Waals surface area contributed by atoms with Gasteiger partial charge >= 0.3 is 0 Å². The van der Waals surface area contributed by atoms with Gasteiger partial charge in [0.05, 0.1) is 6.61 Å². The number of sulfonamides is 1. The average Bonchev–Trinajstić information content (AvgIpc) is 2.49. The molecular formula is C13H17F2NO3S2. The Balaban J connectivity index is 2.41. The van der Waals surface area contributed by atoms with Crippen molar-refractivity contribution < 1.29 is 22.3 Å². The molecule has 1 aliphatic heterocycles. The van der Waals surface area contributed by atoms with Crippen molar-refractivity contribution in [2.75, 3.05) is 18.8 Å². The standard InChI is InChI=1S/C13H17F2NO3S2/c1-2-10-7-16(3-4-20-10)21(18,19)12-6-9(8-17)5-11(14)13(12)15/h5-6,10,17H,2-4,7-8H2,1H3. The Bertz CT molecular complexity index is 622. The monoisotopic (exact) mass is 337 g/mol. The minimum absolute atomic E-state index is 0.0332. The summed E-state index contributed by atoms with van der Waals surface area (Å²) in [5.41, 5.74) is 0.0332. The molecule has 1 heterocycles. The van der Waals surface area contributed by atoms with Crippen LogP contribution in [0.2, 0.25) is 0 Å². The lowest BCUT2D eigenvalue weighted by Crippen LogP contribution is -2.42. The number of benzene rings is 1. The van der Waals surface area contributed by atoms with E-state index in [-0.39, 0.29) is 23.9 Å². The number of hydrogen-bond donors (Lipinski definition) is 1. The average molecular weight is 337 g/mol. The second-order valence-electron chi connectivity index (χ2n) is 4.81. The highest BCUT2D eigenvalue weighted by atomic mass is 32.2. The zero-order valence-corrected chi connectivity index (χ0v) is 13.2. The molecule has 1 aromatic rings. The molecule has 118 valence electrons. The van der Waals surface area contributed by atoms with Crippen LogP contribution in [-0.4, -0.2) is 41.9 Å². The zero-order chi connectivity index (χ0) is 15.6. The summed E-state index contributed by atoms with van der Waals surface area (Å²) in [5.74, 6) is -2.03. The lowest BCUT2D eigenvalue weighted by atomic mass is 10.2. The van der Waals surface area contributed by atoms with Gasteiger partial charge in [0.15, 0.2) is 11.6 Å². The first-order chi connectivity index (χ1) is 9.90. The fourth-order valence-electron chi connectivity index (χ4n) is 2.19. The smallest absolute Gasteiger partial charge is 0.246 e. The third kappa shape index (κ3) is 3.39. The number of nitrogens with zero attached hydrogens (tertiary/aromatic N) is 1. The molecule has 0 bridgehead atoms. The van der Waals surface area contributed by atoms with Gasteiger partial charge in [0.2, 0.25) is 10.0 Å². The van der Waals surface area contributed by atoms with E-state index < -0.39 is 33.2 Å². The van der Waals surface area contributed by atoms with Crippen molar-refractivity contribution in [3.8, 4) is 0 Å². The van der Waals surface area contributed by atoms with E-state index in [0.29, 0.717) is 5.75 Å². The molecule has 0 aliphatic carbocycles. The summed E-state index contributed by atoms with van der Waals surface area (Å²) >= 11 is 1.68. The van der Waals surface area contributed by atoms with Crippen LogP contribution in [0.5, 0.6) is 0 Å². The SMILES string of the molecule is CCC1CN(S(=O)(=O)c2cc(CO)cc(F)c2F)CCS1. The number of thioether (sulfide) groups is 1. The molecule has 1 aromatic carbocycles. The molecule has 0 spiro atoms. The second-order valence-corrected chi connectivity index (χ2v) is 8.13. The lowest BCUT2D eigenvalue weighted by molar-refractivity contribution is 0.280. The first-order valence-electron chi connectivity index (χ1n) is 6.60. The summed E-state index contributed by atoms with van der Waals surface area (Å²) < 4.78 is 53.6. The van der Waals surface area contributed by atoms with Gasteiger partial charge in [-0.3, -0.25) is 0 Å². The van der Waals surface area contributed by atoms with E-state index in [4.69, 9.17) is 5.11 Å². The lowest BCUT2D eigenvalue weighted by Gasteiger charge is -2.31. The van der Waals surface area contributed by atoms with Crippen molar-refractivity contribution in [1.29, 1.82) is 0 Å². The third-order valence-electron chi connectivity index (χ3n) is 3.41. The van der Waals surface area contributed by atoms with E-state index in [9.17, 15) is 17.2 Å². The summed E-state index contributed by atoms with van der Waals surface area (Å²) in [6.45, 7) is 1.97. The van der Waals surface area contributed by atoms with Crippen LogP contribution >= 0.6 is 11.8 Å². The first kappa shape index (κ1) is 16.7. The van der Waals surface area contributed by atoms with Crippen molar-refractivity contribution in [3.05, 3.63) is 29.3 Å². The predicted octanol–water partition coefficient (Wildman–Crippen LogP) is 1.97. The molecule has 8 heteroatoms. The molecule has 4 nitrogen and oxygen atoms in total. The summed E-state index contributed by atoms with van der Waals surface area (Å²) in [4.78, 5) is -0.701. The molecule has 1 aliphatic rings. The van der Waals surface area contributed by atoms with Crippen LogP contribution in [0.1, 0.15) is 18.9 Å². The fourth-order valence-corrected chi connectivity index (χ4v) is 5.19. The van der Waals surface area contributed by atoms with E-state index >= 15 is 0 Å². The molecule has 1 unspecified atom stereocenters. The molecule has 1 fully saturated rings. The second kappa shape index (κ2) is 6.60. The third-order valence-corrected chi connectivity index (χ3v) is 6.65. The van der Waals surface area contributed by atoms with Gasteiger partial charge in [-0.2, -0.15) is 16.1 Å². The maximum Gasteiger partial charge on any atom is 0.246 e. The highest BCUT2D eigenvalue weighted by molar-refractivity contribution is 8.00. The Kier molecular flexibility index (Phi) is 5.24. The van der Waals surface area contributed by atoms with Gasteiger partial charge in [-0.05, 0) is 24.1 Å². The van der Waals surface area contributed by atoms with E-state index in [1.54, 1.807) is 11.8 Å². The minimum Gasteiger partial charge on any atom is -0.392 e. The highest BCUT2D eigenvalue weighted by Gasteiger charge is 2.33. The number of hydrogen-bond acceptors (Lipinski definition) is 4. The number of rotatable bonds is 4. The minimum atomic E-state index is -4.10. The Morgan fingerprint density at radius 2 is 2.14 bits per heavy atom. The predicted molar refractivity (Wildman–Crippen MR) is 77.6 cm³/mol. The van der Waals surface area contributed by atoms with Crippen molar-refractivity contribution in [2.45, 2.75) is 30.1 Å². The molecule has 0 amide bonds. The zero-order valence-electron chi connectivity index (χ0n) is 11.6. The van der Waals surface area contributed by atoms with Gasteiger partial charge in [-0.15, -0.1) is 0 Å². The summed E-state index contributed by atoms with van der Waals surface area (Å²) in [7, 11) is -4.10. The van der Waals surface area contributed by atoms with Crippen molar-refractivity contribution >= 4 is 21.8 Å². The van der Waals surface area contributed by atoms with Gasteiger partial charge in [-0.25, -0.2) is 17.2 Å². The van der Waals surface area contributed by atoms with Crippen LogP contribution < -0.4 is 0 Å². The van der Waals surface area contributed by atoms with E-state index in [0.717, 1.165) is 18.6 Å². The Morgan fingerprint density at radius 3 is 2.76 bits per heavy atom. The molecule has 0 saturated carbocycles. The van der Waals surface area contributed by atoms with Crippen molar-refractivity contribution in [1.82, 2.24) is 4.31 Å². The van der Waals surface area contributed by atoms with Gasteiger partial charge in [0, 0.05) is 24.1 Å². The summed E-state index contributed by atoms with van der Waals surface area (Å²) in [5, 5.41) is 9.19. The van der Waals surface area contributed by atoms with Gasteiger partial charge in [0.25, 0.3) is 0 Å². The van der Waals surface area contributed by atoms with Gasteiger partial charge in [0.1, 0.15) is 4.90 Å². The molecule has 2 rings (SSSR count). The summed E-state index contributed by atoms with van der Waals surface area (Å²) in [6, 6.07) is 1.80. The van der Waals surface area contributed by atoms with E-state index in [1.807, 2.05) is 6.92 Å². The van der Waals surface area contributed by atoms with E-state index in [2.05, 4.69) is 0 Å². The van der Waals surface area contributed by atoms with Gasteiger partial charge in [-0.1, -0.05) is 6.92 Å². The maximum atomic E-state index is 13.9. The fraction of sp³-hybridized carbons (Fsp3) is 0.538. The van der Waals surface area contributed by atoms with Crippen molar-refractivity contribution in [3.63, 3.8) is 0 Å². The molecule has 1 saturated heterocycles. The Morgan fingerprint density at radius 1 is 1.43 bits per heavy atom. The molecule has 0 radical (unpaired) electrons. The summed E-state index contributed by atoms with van der Waals surface area (Å²) in [6.07, 6.45) is 0.810. The quantitative estimate of drug-likeness (QED) is 0.913. The molecule has 1 atom stereocenters. The Labute approximate surface area is 127 Å². The van der Waals surface area contributed by atoms with E-state index in [1.165, 1.54) is 4.31 Å². The highest BCUT2D eigenvalue weighted by Crippen LogP contribution is 2.28. The van der Waals surface area contributed by atoms with Crippen LogP contribution in [-0.2, 0) is 16.6 Å². The largest absolute Gasteiger partial charge is 0.392 e. The van der Waals surface area contributed by atoms with Crippen LogP contribution in [0.25, 0.3) is 0 Å². The molecule has 21 heavy (non-hydrogen) atoms. The number of halogens is 2. The van der Waals surface area contributed by atoms with Crippen LogP contribution in [0, 0.1) is 11.6 Å². The first-order valence-corrected chi connectivity index (χ1v) is 9.09. The van der Waals surface area contributed by atoms with Crippen LogP contribution in [0.4, 0.5) is 8.78 Å². The van der Waals surface area contributed by atoms with Crippen LogP contribution in [0.15, 0.2) is 17.0 Å². The maximum absolute atomic E-state index is 13.9. The molecule has 1 N–H and O–H groups in total. The van der Waals surface area contributed by atoms with Gasteiger partial charge < -0.3 is 5.11 Å². The van der Waals surface area contributed by atoms with Crippen molar-refractivity contribution in [2.24, 2.45) is 0 Å². The topological polar surface area (TPSA) is 57.6 Å². The van der Waals surface area contributed by atoms with Crippen LogP contribution in [0.3, 0.4) is 0 Å². The normalized spacial score (nSPS) is 20.7.